The van der Waals surface area contributed by atoms with Crippen LogP contribution in [0.1, 0.15) is 37.6 Å². The number of nitrogens with two attached hydrogens (primary N) is 1. The largest absolute Gasteiger partial charge is 0.468 e. The molecular formula is C14H22N4O2S. The normalized spacial score (nSPS) is 10.3. The van der Waals surface area contributed by atoms with E-state index >= 15 is 0 Å². The Morgan fingerprint density at radius 1 is 1.29 bits per heavy atom. The van der Waals surface area contributed by atoms with Gasteiger partial charge in [-0.05, 0) is 25.3 Å². The monoisotopic (exact) mass is 310 g/mol. The smallest absolute Gasteiger partial charge is 0.325 e. The molecule has 0 spiro atoms. The Bertz CT molecular complexity index is 534. The van der Waals surface area contributed by atoms with Crippen molar-refractivity contribution in [1.82, 2.24) is 10.2 Å². The SMILES string of the molecule is CCc1nnc(N(CC)CC(=O)OC)c(C(N)=S)c1CC. The van der Waals surface area contributed by atoms with E-state index in [4.69, 9.17) is 22.7 Å². The summed E-state index contributed by atoms with van der Waals surface area (Å²) in [6, 6.07) is 0. The van der Waals surface area contributed by atoms with Gasteiger partial charge in [-0.1, -0.05) is 26.1 Å². The first kappa shape index (κ1) is 17.3. The van der Waals surface area contributed by atoms with E-state index in [1.807, 2.05) is 20.8 Å². The number of esters is 1. The molecule has 0 amide bonds. The van der Waals surface area contributed by atoms with Crippen LogP contribution >= 0.6 is 12.2 Å². The molecule has 0 radical (unpaired) electrons. The van der Waals surface area contributed by atoms with Crippen LogP contribution in [0.4, 0.5) is 5.82 Å². The van der Waals surface area contributed by atoms with Crippen LogP contribution in [0, 0.1) is 0 Å². The maximum atomic E-state index is 11.5. The molecule has 21 heavy (non-hydrogen) atoms. The molecule has 0 atom stereocenters. The number of nitrogens with zero attached hydrogens (tertiary/aromatic N) is 3. The number of rotatable bonds is 7. The molecule has 0 saturated carbocycles. The lowest BCUT2D eigenvalue weighted by Crippen LogP contribution is -2.34. The van der Waals surface area contributed by atoms with Gasteiger partial charge in [0.1, 0.15) is 11.5 Å². The molecule has 0 aliphatic carbocycles. The van der Waals surface area contributed by atoms with Crippen molar-refractivity contribution in [3.8, 4) is 0 Å². The van der Waals surface area contributed by atoms with Crippen LogP contribution in [0.2, 0.25) is 0 Å². The lowest BCUT2D eigenvalue weighted by Gasteiger charge is -2.24. The van der Waals surface area contributed by atoms with Gasteiger partial charge >= 0.3 is 5.97 Å². The van der Waals surface area contributed by atoms with Crippen LogP contribution in [-0.2, 0) is 22.4 Å². The zero-order valence-corrected chi connectivity index (χ0v) is 13.8. The van der Waals surface area contributed by atoms with Gasteiger partial charge in [0.2, 0.25) is 0 Å². The topological polar surface area (TPSA) is 81.3 Å². The number of aryl methyl sites for hydroxylation is 1. The summed E-state index contributed by atoms with van der Waals surface area (Å²) in [5.41, 5.74) is 8.49. The van der Waals surface area contributed by atoms with Crippen molar-refractivity contribution in [2.24, 2.45) is 5.73 Å². The quantitative estimate of drug-likeness (QED) is 0.599. The maximum Gasteiger partial charge on any atom is 0.325 e. The van der Waals surface area contributed by atoms with Crippen LogP contribution in [0.25, 0.3) is 0 Å². The van der Waals surface area contributed by atoms with Crippen LogP contribution in [0.5, 0.6) is 0 Å². The molecule has 1 aromatic heterocycles. The fraction of sp³-hybridized carbons (Fsp3) is 0.571. The fourth-order valence-corrected chi connectivity index (χ4v) is 2.41. The first-order chi connectivity index (χ1) is 9.99. The molecule has 2 N–H and O–H groups in total. The molecule has 0 aliphatic heterocycles. The van der Waals surface area contributed by atoms with Gasteiger partial charge in [0, 0.05) is 6.54 Å². The Balaban J connectivity index is 3.39. The van der Waals surface area contributed by atoms with Gasteiger partial charge in [0.25, 0.3) is 0 Å². The molecule has 116 valence electrons. The van der Waals surface area contributed by atoms with Crippen LogP contribution in [0.3, 0.4) is 0 Å². The molecule has 0 aliphatic rings. The van der Waals surface area contributed by atoms with E-state index in [9.17, 15) is 4.79 Å². The predicted octanol–water partition coefficient (Wildman–Crippen LogP) is 1.23. The Labute approximate surface area is 130 Å². The molecule has 1 heterocycles. The van der Waals surface area contributed by atoms with Crippen molar-refractivity contribution >= 4 is 29.0 Å². The molecule has 7 heteroatoms. The van der Waals surface area contributed by atoms with Gasteiger partial charge in [0.15, 0.2) is 5.82 Å². The summed E-state index contributed by atoms with van der Waals surface area (Å²) in [6.07, 6.45) is 1.52. The van der Waals surface area contributed by atoms with Gasteiger partial charge in [-0.2, -0.15) is 5.10 Å². The molecule has 1 rings (SSSR count). The highest BCUT2D eigenvalue weighted by Crippen LogP contribution is 2.24. The molecule has 0 fully saturated rings. The molecule has 6 nitrogen and oxygen atoms in total. The van der Waals surface area contributed by atoms with Crippen molar-refractivity contribution in [2.45, 2.75) is 33.6 Å². The number of carbonyl (C=O) groups is 1. The summed E-state index contributed by atoms with van der Waals surface area (Å²) in [5, 5.41) is 8.49. The Kier molecular flexibility index (Phi) is 6.48. The number of methoxy groups -OCH3 is 1. The van der Waals surface area contributed by atoms with Crippen LogP contribution in [0.15, 0.2) is 0 Å². The highest BCUT2D eigenvalue weighted by Gasteiger charge is 2.22. The molecular weight excluding hydrogens is 288 g/mol. The number of carbonyl (C=O) groups excluding carboxylic acids is 1. The number of hydrogen-bond donors (Lipinski definition) is 1. The Morgan fingerprint density at radius 3 is 2.38 bits per heavy atom. The average Bonchev–Trinajstić information content (AvgIpc) is 2.50. The van der Waals surface area contributed by atoms with Gasteiger partial charge in [-0.25, -0.2) is 0 Å². The third-order valence-corrected chi connectivity index (χ3v) is 3.51. The predicted molar refractivity (Wildman–Crippen MR) is 86.6 cm³/mol. The first-order valence-electron chi connectivity index (χ1n) is 6.99. The number of aromatic nitrogens is 2. The fourth-order valence-electron chi connectivity index (χ4n) is 2.20. The summed E-state index contributed by atoms with van der Waals surface area (Å²) in [5.74, 6) is 0.203. The van der Waals surface area contributed by atoms with Gasteiger partial charge in [-0.15, -0.1) is 5.10 Å². The summed E-state index contributed by atoms with van der Waals surface area (Å²) >= 11 is 5.19. The highest BCUT2D eigenvalue weighted by molar-refractivity contribution is 7.80. The van der Waals surface area contributed by atoms with Crippen LogP contribution < -0.4 is 10.6 Å². The van der Waals surface area contributed by atoms with Gasteiger partial charge in [0.05, 0.1) is 18.4 Å². The lowest BCUT2D eigenvalue weighted by atomic mass is 10.0. The summed E-state index contributed by atoms with van der Waals surface area (Å²) < 4.78 is 4.71. The summed E-state index contributed by atoms with van der Waals surface area (Å²) in [6.45, 7) is 6.63. The number of hydrogen-bond acceptors (Lipinski definition) is 6. The number of likely N-dealkylation sites (N-methyl/N-ethyl adjacent to an activating group) is 1. The zero-order chi connectivity index (χ0) is 16.0. The summed E-state index contributed by atoms with van der Waals surface area (Å²) in [7, 11) is 1.36. The molecule has 1 aromatic rings. The number of ether oxygens (including phenoxy) is 1. The number of thiocarbonyl (C=S) groups is 1. The van der Waals surface area contributed by atoms with E-state index in [1.54, 1.807) is 4.90 Å². The van der Waals surface area contributed by atoms with Crippen molar-refractivity contribution < 1.29 is 9.53 Å². The van der Waals surface area contributed by atoms with Crippen molar-refractivity contribution in [3.05, 3.63) is 16.8 Å². The second-order valence-corrected chi connectivity index (χ2v) is 4.93. The summed E-state index contributed by atoms with van der Waals surface area (Å²) in [4.78, 5) is 13.6. The van der Waals surface area contributed by atoms with Crippen molar-refractivity contribution in [1.29, 1.82) is 0 Å². The second-order valence-electron chi connectivity index (χ2n) is 4.49. The zero-order valence-electron chi connectivity index (χ0n) is 13.0. The van der Waals surface area contributed by atoms with E-state index in [2.05, 4.69) is 10.2 Å². The Hall–Kier alpha value is -1.76. The lowest BCUT2D eigenvalue weighted by molar-refractivity contribution is -0.138. The van der Waals surface area contributed by atoms with E-state index in [0.29, 0.717) is 17.9 Å². The van der Waals surface area contributed by atoms with Crippen LogP contribution in [-0.4, -0.2) is 41.4 Å². The second kappa shape index (κ2) is 7.87. The van der Waals surface area contributed by atoms with Gasteiger partial charge in [-0.3, -0.25) is 4.79 Å². The third-order valence-electron chi connectivity index (χ3n) is 3.30. The number of anilines is 1. The minimum atomic E-state index is -0.342. The minimum Gasteiger partial charge on any atom is -0.468 e. The van der Waals surface area contributed by atoms with Gasteiger partial charge < -0.3 is 15.4 Å². The first-order valence-corrected chi connectivity index (χ1v) is 7.40. The van der Waals surface area contributed by atoms with Crippen molar-refractivity contribution in [3.63, 3.8) is 0 Å². The average molecular weight is 310 g/mol. The maximum absolute atomic E-state index is 11.5. The van der Waals surface area contributed by atoms with Crippen molar-refractivity contribution in [2.75, 3.05) is 25.1 Å². The van der Waals surface area contributed by atoms with E-state index in [0.717, 1.165) is 24.1 Å². The van der Waals surface area contributed by atoms with E-state index < -0.39 is 0 Å². The molecule has 0 aromatic carbocycles. The standard InChI is InChI=1S/C14H22N4O2S/c1-5-9-10(6-2)16-17-14(12(9)13(15)21)18(7-3)8-11(19)20-4/h5-8H2,1-4H3,(H2,15,21). The molecule has 0 bridgehead atoms. The highest BCUT2D eigenvalue weighted by atomic mass is 32.1. The minimum absolute atomic E-state index is 0.0892. The molecule has 0 unspecified atom stereocenters. The Morgan fingerprint density at radius 2 is 1.95 bits per heavy atom. The third kappa shape index (κ3) is 3.87. The van der Waals surface area contributed by atoms with E-state index in [-0.39, 0.29) is 17.5 Å². The molecule has 0 saturated heterocycles. The van der Waals surface area contributed by atoms with E-state index in [1.165, 1.54) is 7.11 Å².